The van der Waals surface area contributed by atoms with Gasteiger partial charge in [0.2, 0.25) is 0 Å². The van der Waals surface area contributed by atoms with Crippen LogP contribution in [-0.2, 0) is 16.3 Å². The molecule has 2 N–H and O–H groups in total. The van der Waals surface area contributed by atoms with Gasteiger partial charge in [-0.25, -0.2) is 4.98 Å². The molecular weight excluding hydrogens is 407 g/mol. The summed E-state index contributed by atoms with van der Waals surface area (Å²) in [5, 5.41) is 4.73. The SMILES string of the molecule is CC(C)n1nc(-c2cnc(N)c(C(F)(F)F)c2)cc1[C@]12C3[C@@H]1[C@@H]2CC31CN(C)CCO1. The lowest BCUT2D eigenvalue weighted by molar-refractivity contribution is -0.137. The van der Waals surface area contributed by atoms with Crippen LogP contribution in [0.5, 0.6) is 0 Å². The highest BCUT2D eigenvalue weighted by atomic mass is 19.4. The van der Waals surface area contributed by atoms with E-state index in [4.69, 9.17) is 15.6 Å². The molecule has 5 aliphatic rings. The van der Waals surface area contributed by atoms with Crippen molar-refractivity contribution >= 4 is 5.82 Å². The summed E-state index contributed by atoms with van der Waals surface area (Å²) in [5.74, 6) is 1.16. The normalized spacial score (nSPS) is 36.3. The number of nitrogens with zero attached hydrogens (tertiary/aromatic N) is 4. The highest BCUT2D eigenvalue weighted by Crippen LogP contribution is 2.94. The van der Waals surface area contributed by atoms with Crippen molar-refractivity contribution in [1.29, 1.82) is 0 Å². The molecule has 166 valence electrons. The summed E-state index contributed by atoms with van der Waals surface area (Å²) in [6.07, 6.45) is -2.11. The number of hydrogen-bond acceptors (Lipinski definition) is 5. The van der Waals surface area contributed by atoms with E-state index in [9.17, 15) is 13.2 Å². The third kappa shape index (κ3) is 2.42. The van der Waals surface area contributed by atoms with Gasteiger partial charge in [0.05, 0.1) is 23.5 Å². The molecule has 2 unspecified atom stereocenters. The molecule has 2 aromatic rings. The second kappa shape index (κ2) is 5.81. The van der Waals surface area contributed by atoms with E-state index in [-0.39, 0.29) is 17.1 Å². The Morgan fingerprint density at radius 3 is 2.71 bits per heavy atom. The van der Waals surface area contributed by atoms with E-state index in [1.165, 1.54) is 6.20 Å². The summed E-state index contributed by atoms with van der Waals surface area (Å²) in [6, 6.07) is 3.14. The van der Waals surface area contributed by atoms with Crippen LogP contribution in [0.15, 0.2) is 18.3 Å². The highest BCUT2D eigenvalue weighted by Gasteiger charge is 2.97. The molecule has 0 radical (unpaired) electrons. The first-order chi connectivity index (χ1) is 14.6. The molecule has 2 aromatic heterocycles. The van der Waals surface area contributed by atoms with Gasteiger partial charge >= 0.3 is 6.18 Å². The van der Waals surface area contributed by atoms with Crippen molar-refractivity contribution in [2.75, 3.05) is 32.5 Å². The van der Waals surface area contributed by atoms with Gasteiger partial charge in [0.25, 0.3) is 0 Å². The Hall–Kier alpha value is -2.13. The first-order valence-electron chi connectivity index (χ1n) is 10.9. The van der Waals surface area contributed by atoms with E-state index in [1.807, 2.05) is 10.7 Å². The third-order valence-electron chi connectivity index (χ3n) is 7.97. The minimum absolute atomic E-state index is 0.0712. The van der Waals surface area contributed by atoms with E-state index in [1.54, 1.807) is 0 Å². The fourth-order valence-electron chi connectivity index (χ4n) is 6.76. The van der Waals surface area contributed by atoms with Gasteiger partial charge < -0.3 is 15.4 Å². The van der Waals surface area contributed by atoms with Crippen molar-refractivity contribution < 1.29 is 17.9 Å². The van der Waals surface area contributed by atoms with Crippen LogP contribution in [0.2, 0.25) is 0 Å². The molecule has 4 saturated carbocycles. The topological polar surface area (TPSA) is 69.2 Å². The van der Waals surface area contributed by atoms with Crippen molar-refractivity contribution in [3.8, 4) is 11.3 Å². The number of hydrogen-bond donors (Lipinski definition) is 1. The monoisotopic (exact) mass is 433 g/mol. The van der Waals surface area contributed by atoms with Gasteiger partial charge in [-0.05, 0) is 51.3 Å². The molecule has 1 saturated heterocycles. The molecule has 1 aliphatic heterocycles. The van der Waals surface area contributed by atoms with E-state index in [0.29, 0.717) is 29.0 Å². The Morgan fingerprint density at radius 1 is 1.29 bits per heavy atom. The third-order valence-corrected chi connectivity index (χ3v) is 7.97. The lowest BCUT2D eigenvalue weighted by Gasteiger charge is -2.39. The number of ether oxygens (including phenoxy) is 1. The van der Waals surface area contributed by atoms with Crippen molar-refractivity contribution in [2.24, 2.45) is 17.8 Å². The molecular formula is C22H26F3N5O. The maximum absolute atomic E-state index is 13.3. The van der Waals surface area contributed by atoms with E-state index < -0.39 is 17.6 Å². The van der Waals surface area contributed by atoms with Crippen LogP contribution in [0.1, 0.15) is 37.6 Å². The molecule has 0 amide bonds. The first-order valence-corrected chi connectivity index (χ1v) is 10.9. The number of alkyl halides is 3. The summed E-state index contributed by atoms with van der Waals surface area (Å²) in [4.78, 5) is 6.14. The molecule has 31 heavy (non-hydrogen) atoms. The van der Waals surface area contributed by atoms with Crippen molar-refractivity contribution in [1.82, 2.24) is 19.7 Å². The van der Waals surface area contributed by atoms with Crippen LogP contribution < -0.4 is 5.73 Å². The number of likely N-dealkylation sites (N-methyl/N-ethyl adjacent to an activating group) is 1. The minimum atomic E-state index is -4.55. The summed E-state index contributed by atoms with van der Waals surface area (Å²) in [5.41, 5.74) is 6.55. The van der Waals surface area contributed by atoms with Crippen LogP contribution in [0.4, 0.5) is 19.0 Å². The zero-order valence-electron chi connectivity index (χ0n) is 17.8. The molecule has 9 heteroatoms. The number of nitrogens with two attached hydrogens (primary N) is 1. The van der Waals surface area contributed by atoms with Gasteiger partial charge in [0.1, 0.15) is 5.82 Å². The Kier molecular flexibility index (Phi) is 3.66. The van der Waals surface area contributed by atoms with E-state index in [2.05, 4.69) is 30.8 Å². The second-order valence-electron chi connectivity index (χ2n) is 10.0. The number of nitrogen functional groups attached to an aromatic ring is 1. The quantitative estimate of drug-likeness (QED) is 0.804. The van der Waals surface area contributed by atoms with Gasteiger partial charge in [0, 0.05) is 47.9 Å². The molecule has 3 heterocycles. The number of morpholine rings is 1. The fourth-order valence-corrected chi connectivity index (χ4v) is 6.76. The smallest absolute Gasteiger partial charge is 0.383 e. The fraction of sp³-hybridized carbons (Fsp3) is 0.636. The van der Waals surface area contributed by atoms with Crippen LogP contribution in [0, 0.1) is 17.8 Å². The van der Waals surface area contributed by atoms with Gasteiger partial charge in [-0.1, -0.05) is 0 Å². The molecule has 4 aliphatic carbocycles. The van der Waals surface area contributed by atoms with Crippen LogP contribution in [0.25, 0.3) is 11.3 Å². The predicted molar refractivity (Wildman–Crippen MR) is 108 cm³/mol. The lowest BCUT2D eigenvalue weighted by Crippen LogP contribution is -2.50. The van der Waals surface area contributed by atoms with Crippen LogP contribution >= 0.6 is 0 Å². The van der Waals surface area contributed by atoms with Crippen LogP contribution in [-0.4, -0.2) is 52.0 Å². The summed E-state index contributed by atoms with van der Waals surface area (Å²) in [7, 11) is 2.14. The Morgan fingerprint density at radius 2 is 2.06 bits per heavy atom. The molecule has 0 aromatic carbocycles. The predicted octanol–water partition coefficient (Wildman–Crippen LogP) is 3.35. The zero-order chi connectivity index (χ0) is 21.9. The molecule has 6 nitrogen and oxygen atoms in total. The summed E-state index contributed by atoms with van der Waals surface area (Å²) >= 11 is 0. The van der Waals surface area contributed by atoms with Gasteiger partial charge in [-0.2, -0.15) is 18.3 Å². The Balaban J connectivity index is 1.39. The number of anilines is 1. The molecule has 1 spiro atoms. The standard InChI is InChI=1S/C22H26F3N5O/c1-11(2)30-16(7-15(28-30)12-6-13(22(23,24)25)19(26)27-9-12)21-14-8-20(18(21)17(14)21)10-29(3)4-5-31-20/h6-7,9,11,14,17-18H,4-5,8,10H2,1-3H3,(H2,26,27)/t14-,17-,18?,20?,21-/m0/s1. The summed E-state index contributed by atoms with van der Waals surface area (Å²) < 4.78 is 48.4. The molecule has 5 atom stereocenters. The molecule has 7 rings (SSSR count). The number of halogens is 3. The Bertz CT molecular complexity index is 1080. The summed E-state index contributed by atoms with van der Waals surface area (Å²) in [6.45, 7) is 6.78. The lowest BCUT2D eigenvalue weighted by atomic mass is 9.94. The van der Waals surface area contributed by atoms with E-state index >= 15 is 0 Å². The number of pyridine rings is 1. The minimum Gasteiger partial charge on any atom is -0.383 e. The number of aromatic nitrogens is 3. The van der Waals surface area contributed by atoms with E-state index in [0.717, 1.165) is 37.9 Å². The van der Waals surface area contributed by atoms with Gasteiger partial charge in [-0.3, -0.25) is 4.68 Å². The molecule has 2 bridgehead atoms. The van der Waals surface area contributed by atoms with Crippen molar-refractivity contribution in [3.05, 3.63) is 29.6 Å². The highest BCUT2D eigenvalue weighted by molar-refractivity contribution is 5.65. The molecule has 5 fully saturated rings. The van der Waals surface area contributed by atoms with Gasteiger partial charge in [-0.15, -0.1) is 0 Å². The van der Waals surface area contributed by atoms with Crippen molar-refractivity contribution in [2.45, 2.75) is 43.5 Å². The average molecular weight is 433 g/mol. The Labute approximate surface area is 178 Å². The number of rotatable bonds is 3. The zero-order valence-corrected chi connectivity index (χ0v) is 17.8. The maximum Gasteiger partial charge on any atom is 0.419 e. The van der Waals surface area contributed by atoms with Crippen molar-refractivity contribution in [3.63, 3.8) is 0 Å². The average Bonchev–Trinajstić information content (AvgIpc) is 3.32. The largest absolute Gasteiger partial charge is 0.419 e. The maximum atomic E-state index is 13.3. The van der Waals surface area contributed by atoms with Gasteiger partial charge in [0.15, 0.2) is 0 Å². The first kappa shape index (κ1) is 19.5. The van der Waals surface area contributed by atoms with Crippen LogP contribution in [0.3, 0.4) is 0 Å². The second-order valence-corrected chi connectivity index (χ2v) is 10.0.